The normalized spacial score (nSPS) is 26.4. The lowest BCUT2D eigenvalue weighted by molar-refractivity contribution is -0.135. The molecule has 1 rings (SSSR count). The topological polar surface area (TPSA) is 49.7 Å². The van der Waals surface area contributed by atoms with Crippen molar-refractivity contribution in [3.05, 3.63) is 0 Å². The number of carboxylic acids is 1. The van der Waals surface area contributed by atoms with E-state index in [0.29, 0.717) is 0 Å². The molecule has 1 heterocycles. The highest BCUT2D eigenvalue weighted by molar-refractivity contribution is 6.14. The van der Waals surface area contributed by atoms with E-state index in [9.17, 15) is 4.79 Å². The van der Waals surface area contributed by atoms with Crippen LogP contribution in [0.15, 0.2) is 4.99 Å². The van der Waals surface area contributed by atoms with Crippen LogP contribution in [0.3, 0.4) is 0 Å². The molecule has 38 valence electrons. The Morgan fingerprint density at radius 3 is 2.43 bits per heavy atom. The van der Waals surface area contributed by atoms with Gasteiger partial charge in [0, 0.05) is 5.71 Å². The Balaban J connectivity index is 2.39. The minimum atomic E-state index is -0.836. The Hall–Kier alpha value is -0.860. The van der Waals surface area contributed by atoms with Crippen molar-refractivity contribution in [3.8, 4) is 0 Å². The number of rotatable bonds is 1. The fraction of sp³-hybridized carbons (Fsp3) is 0.500. The first-order chi connectivity index (χ1) is 3.22. The number of hydrogen-bond acceptors (Lipinski definition) is 2. The Labute approximate surface area is 40.7 Å². The molecule has 1 N–H and O–H groups in total. The Morgan fingerprint density at radius 2 is 2.43 bits per heavy atom. The molecule has 3 heteroatoms. The van der Waals surface area contributed by atoms with Crippen LogP contribution in [-0.4, -0.2) is 22.8 Å². The van der Waals surface area contributed by atoms with Crippen LogP contribution in [0.1, 0.15) is 6.92 Å². The van der Waals surface area contributed by atoms with E-state index >= 15 is 0 Å². The minimum absolute atomic E-state index is 0.472. The first-order valence-electron chi connectivity index (χ1n) is 1.99. The second kappa shape index (κ2) is 1.05. The first-order valence-corrected chi connectivity index (χ1v) is 1.99. The molecule has 0 amide bonds. The molecule has 0 unspecified atom stereocenters. The van der Waals surface area contributed by atoms with Crippen molar-refractivity contribution >= 4 is 11.7 Å². The zero-order valence-electron chi connectivity index (χ0n) is 3.88. The third-order valence-corrected chi connectivity index (χ3v) is 0.895. The second-order valence-corrected chi connectivity index (χ2v) is 1.51. The zero-order valence-corrected chi connectivity index (χ0v) is 3.88. The van der Waals surface area contributed by atoms with Crippen LogP contribution in [0.25, 0.3) is 0 Å². The van der Waals surface area contributed by atoms with Crippen molar-refractivity contribution in [3.63, 3.8) is 0 Å². The van der Waals surface area contributed by atoms with Gasteiger partial charge in [-0.25, -0.2) is 4.79 Å². The van der Waals surface area contributed by atoms with Gasteiger partial charge in [0.05, 0.1) is 0 Å². The molecular weight excluding hydrogens is 94.0 g/mol. The molecule has 0 spiro atoms. The minimum Gasteiger partial charge on any atom is -0.479 e. The van der Waals surface area contributed by atoms with Gasteiger partial charge in [-0.05, 0) is 6.92 Å². The molecule has 0 aromatic heterocycles. The summed E-state index contributed by atoms with van der Waals surface area (Å²) in [5.41, 5.74) is 0.729. The molecule has 3 nitrogen and oxygen atoms in total. The lowest BCUT2D eigenvalue weighted by atomic mass is 10.3. The molecule has 1 atom stereocenters. The van der Waals surface area contributed by atoms with Crippen molar-refractivity contribution < 1.29 is 9.90 Å². The summed E-state index contributed by atoms with van der Waals surface area (Å²) >= 11 is 0. The van der Waals surface area contributed by atoms with Gasteiger partial charge in [0.2, 0.25) is 0 Å². The van der Waals surface area contributed by atoms with Crippen LogP contribution in [-0.2, 0) is 4.79 Å². The van der Waals surface area contributed by atoms with Crippen LogP contribution >= 0.6 is 0 Å². The summed E-state index contributed by atoms with van der Waals surface area (Å²) in [6.07, 6.45) is 0. The molecule has 0 aromatic carbocycles. The van der Waals surface area contributed by atoms with Gasteiger partial charge in [-0.15, -0.1) is 0 Å². The fourth-order valence-corrected chi connectivity index (χ4v) is 0.400. The average Bonchev–Trinajstić information content (AvgIpc) is 2.17. The van der Waals surface area contributed by atoms with Crippen molar-refractivity contribution in [1.29, 1.82) is 0 Å². The number of hydrogen-bond donors (Lipinski definition) is 1. The van der Waals surface area contributed by atoms with Crippen molar-refractivity contribution in [2.45, 2.75) is 13.0 Å². The third kappa shape index (κ3) is 0.607. The number of aliphatic carboxylic acids is 1. The molecule has 0 radical (unpaired) electrons. The van der Waals surface area contributed by atoms with Gasteiger partial charge in [-0.3, -0.25) is 4.99 Å². The van der Waals surface area contributed by atoms with Gasteiger partial charge in [0.25, 0.3) is 0 Å². The number of nitrogens with zero attached hydrogens (tertiary/aromatic N) is 1. The van der Waals surface area contributed by atoms with Gasteiger partial charge in [0.1, 0.15) is 0 Å². The summed E-state index contributed by atoms with van der Waals surface area (Å²) in [6, 6.07) is -0.472. The van der Waals surface area contributed by atoms with E-state index in [1.54, 1.807) is 6.92 Å². The third-order valence-electron chi connectivity index (χ3n) is 0.895. The van der Waals surface area contributed by atoms with E-state index in [-0.39, 0.29) is 0 Å². The summed E-state index contributed by atoms with van der Waals surface area (Å²) in [5, 5.41) is 8.11. The monoisotopic (exact) mass is 99.0 g/mol. The molecule has 0 bridgehead atoms. The van der Waals surface area contributed by atoms with E-state index in [1.165, 1.54) is 0 Å². The second-order valence-electron chi connectivity index (χ2n) is 1.51. The van der Waals surface area contributed by atoms with Gasteiger partial charge < -0.3 is 5.11 Å². The Kier molecular flexibility index (Phi) is 0.648. The van der Waals surface area contributed by atoms with E-state index in [2.05, 4.69) is 4.99 Å². The maximum absolute atomic E-state index is 9.86. The maximum Gasteiger partial charge on any atom is 0.334 e. The van der Waals surface area contributed by atoms with E-state index < -0.39 is 12.0 Å². The summed E-state index contributed by atoms with van der Waals surface area (Å²) in [4.78, 5) is 13.4. The highest BCUT2D eigenvalue weighted by Crippen LogP contribution is 2.09. The van der Waals surface area contributed by atoms with Crippen LogP contribution in [0.4, 0.5) is 0 Å². The molecule has 0 saturated heterocycles. The van der Waals surface area contributed by atoms with E-state index in [0.717, 1.165) is 5.71 Å². The highest BCUT2D eigenvalue weighted by Gasteiger charge is 2.30. The SMILES string of the molecule is CC1=N[C@H]1C(=O)O. The summed E-state index contributed by atoms with van der Waals surface area (Å²) in [5.74, 6) is -0.836. The van der Waals surface area contributed by atoms with Crippen LogP contribution in [0.5, 0.6) is 0 Å². The van der Waals surface area contributed by atoms with Crippen molar-refractivity contribution in [1.82, 2.24) is 0 Å². The largest absolute Gasteiger partial charge is 0.479 e. The summed E-state index contributed by atoms with van der Waals surface area (Å²) in [6.45, 7) is 1.71. The van der Waals surface area contributed by atoms with Crippen molar-refractivity contribution in [2.75, 3.05) is 0 Å². The van der Waals surface area contributed by atoms with Gasteiger partial charge in [0.15, 0.2) is 6.04 Å². The smallest absolute Gasteiger partial charge is 0.334 e. The number of carbonyl (C=O) groups is 1. The number of carboxylic acid groups (broad SMARTS) is 1. The highest BCUT2D eigenvalue weighted by atomic mass is 16.4. The lowest BCUT2D eigenvalue weighted by Gasteiger charge is -1.77. The first kappa shape index (κ1) is 4.30. The molecule has 0 fully saturated rings. The van der Waals surface area contributed by atoms with E-state index in [1.807, 2.05) is 0 Å². The van der Waals surface area contributed by atoms with Gasteiger partial charge in [-0.1, -0.05) is 0 Å². The molecule has 0 aliphatic carbocycles. The maximum atomic E-state index is 9.86. The Morgan fingerprint density at radius 1 is 2.00 bits per heavy atom. The Bertz CT molecular complexity index is 139. The zero-order chi connectivity index (χ0) is 5.44. The molecule has 0 aromatic rings. The molecule has 1 aliphatic heterocycles. The van der Waals surface area contributed by atoms with E-state index in [4.69, 9.17) is 5.11 Å². The van der Waals surface area contributed by atoms with Crippen LogP contribution in [0.2, 0.25) is 0 Å². The van der Waals surface area contributed by atoms with Gasteiger partial charge in [-0.2, -0.15) is 0 Å². The van der Waals surface area contributed by atoms with Crippen molar-refractivity contribution in [2.24, 2.45) is 4.99 Å². The summed E-state index contributed by atoms with van der Waals surface area (Å²) < 4.78 is 0. The predicted octanol–water partition coefficient (Wildman–Crippen LogP) is -0.0859. The lowest BCUT2D eigenvalue weighted by Crippen LogP contribution is -2.08. The summed E-state index contributed by atoms with van der Waals surface area (Å²) in [7, 11) is 0. The van der Waals surface area contributed by atoms with Crippen LogP contribution < -0.4 is 0 Å². The fourth-order valence-electron chi connectivity index (χ4n) is 0.400. The molecule has 1 aliphatic rings. The van der Waals surface area contributed by atoms with Gasteiger partial charge >= 0.3 is 5.97 Å². The quantitative estimate of drug-likeness (QED) is 0.499. The molecule has 0 saturated carbocycles. The average molecular weight is 99.1 g/mol. The molecular formula is C4H5NO2. The standard InChI is InChI=1S/C4H5NO2/c1-2-3(5-2)4(6)7/h3H,1H3,(H,6,7)/t3-/m1/s1. The molecule has 7 heavy (non-hydrogen) atoms. The number of aliphatic imine (C=N–C) groups is 1. The predicted molar refractivity (Wildman–Crippen MR) is 24.5 cm³/mol. The van der Waals surface area contributed by atoms with Crippen LogP contribution in [0, 0.1) is 0 Å².